The van der Waals surface area contributed by atoms with Gasteiger partial charge in [-0.2, -0.15) is 10.4 Å². The van der Waals surface area contributed by atoms with Gasteiger partial charge in [-0.25, -0.2) is 9.18 Å². The summed E-state index contributed by atoms with van der Waals surface area (Å²) < 4.78 is 24.4. The Balaban J connectivity index is 1.39. The van der Waals surface area contributed by atoms with Crippen LogP contribution in [0.3, 0.4) is 0 Å². The summed E-state index contributed by atoms with van der Waals surface area (Å²) in [5.74, 6) is -0.301. The van der Waals surface area contributed by atoms with E-state index in [9.17, 15) is 14.4 Å². The fourth-order valence-electron chi connectivity index (χ4n) is 5.65. The van der Waals surface area contributed by atoms with Crippen molar-refractivity contribution < 1.29 is 13.9 Å². The molecule has 1 aliphatic rings. The Hall–Kier alpha value is -4.71. The van der Waals surface area contributed by atoms with E-state index in [0.717, 1.165) is 45.0 Å². The van der Waals surface area contributed by atoms with E-state index in [1.165, 1.54) is 12.1 Å². The quantitative estimate of drug-likeness (QED) is 0.254. The molecule has 5 aromatic rings. The van der Waals surface area contributed by atoms with Crippen molar-refractivity contribution in [3.8, 4) is 28.5 Å². The molecule has 0 N–H and O–H groups in total. The third kappa shape index (κ3) is 5.02. The van der Waals surface area contributed by atoms with Gasteiger partial charge in [0.25, 0.3) is 0 Å². The minimum atomic E-state index is -0.566. The Bertz CT molecular complexity index is 1840. The highest BCUT2D eigenvalue weighted by Crippen LogP contribution is 2.39. The number of carbonyl (C=O) groups is 1. The maximum absolute atomic E-state index is 14.9. The molecule has 4 heterocycles. The van der Waals surface area contributed by atoms with Gasteiger partial charge in [-0.15, -0.1) is 0 Å². The largest absolute Gasteiger partial charge is 0.444 e. The van der Waals surface area contributed by atoms with Gasteiger partial charge in [-0.1, -0.05) is 12.1 Å². The van der Waals surface area contributed by atoms with E-state index >= 15 is 0 Å². The molecule has 6 rings (SSSR count). The molecule has 1 amide bonds. The molecule has 0 unspecified atom stereocenters. The fraction of sp³-hybridized carbons (Fsp3) is 0.312. The molecule has 1 fully saturated rings. The van der Waals surface area contributed by atoms with E-state index in [0.29, 0.717) is 25.2 Å². The zero-order valence-electron chi connectivity index (χ0n) is 23.6. The summed E-state index contributed by atoms with van der Waals surface area (Å²) in [5, 5.41) is 15.6. The SMILES string of the molecule is Cn1ncc2cc(-c3ncc4c(ccn4C[C@@H]4CCN(C(=O)OC(C)(C)C)C4)c3-c3ccc(C#N)c(F)c3)ccc21. The zero-order valence-corrected chi connectivity index (χ0v) is 23.6. The maximum atomic E-state index is 14.9. The van der Waals surface area contributed by atoms with Gasteiger partial charge >= 0.3 is 6.09 Å². The van der Waals surface area contributed by atoms with Crippen LogP contribution in [0.25, 0.3) is 44.2 Å². The smallest absolute Gasteiger partial charge is 0.410 e. The van der Waals surface area contributed by atoms with Crippen LogP contribution in [-0.4, -0.2) is 49.0 Å². The molecular weight excluding hydrogens is 519 g/mol. The summed E-state index contributed by atoms with van der Waals surface area (Å²) in [6.45, 7) is 7.62. The number of nitrogens with zero attached hydrogens (tertiary/aromatic N) is 6. The highest BCUT2D eigenvalue weighted by atomic mass is 19.1. The van der Waals surface area contributed by atoms with Crippen molar-refractivity contribution in [1.29, 1.82) is 5.26 Å². The second-order valence-corrected chi connectivity index (χ2v) is 11.7. The third-order valence-corrected chi connectivity index (χ3v) is 7.62. The number of aryl methyl sites for hydroxylation is 1. The van der Waals surface area contributed by atoms with E-state index in [-0.39, 0.29) is 17.6 Å². The number of aromatic nitrogens is 4. The number of amides is 1. The lowest BCUT2D eigenvalue weighted by Crippen LogP contribution is -2.35. The Kier molecular flexibility index (Phi) is 6.49. The number of halogens is 1. The van der Waals surface area contributed by atoms with E-state index in [1.54, 1.807) is 11.0 Å². The molecular formula is C32H31FN6O2. The van der Waals surface area contributed by atoms with Crippen molar-refractivity contribution in [2.75, 3.05) is 13.1 Å². The molecule has 1 saturated heterocycles. The Labute approximate surface area is 237 Å². The molecule has 0 spiro atoms. The Morgan fingerprint density at radius 2 is 1.93 bits per heavy atom. The number of benzene rings is 2. The molecule has 2 aromatic carbocycles. The highest BCUT2D eigenvalue weighted by Gasteiger charge is 2.30. The predicted octanol–water partition coefficient (Wildman–Crippen LogP) is 6.52. The summed E-state index contributed by atoms with van der Waals surface area (Å²) in [6, 6.07) is 14.7. The minimum absolute atomic E-state index is 0.000517. The number of hydrogen-bond donors (Lipinski definition) is 0. The summed E-state index contributed by atoms with van der Waals surface area (Å²) in [7, 11) is 1.90. The summed E-state index contributed by atoms with van der Waals surface area (Å²) in [6.07, 6.45) is 6.31. The second-order valence-electron chi connectivity index (χ2n) is 11.7. The molecule has 8 nitrogen and oxygen atoms in total. The van der Waals surface area contributed by atoms with Crippen LogP contribution < -0.4 is 0 Å². The van der Waals surface area contributed by atoms with Gasteiger partial charge in [-0.05, 0) is 69.0 Å². The monoisotopic (exact) mass is 550 g/mol. The lowest BCUT2D eigenvalue weighted by atomic mass is 9.95. The number of fused-ring (bicyclic) bond motifs is 2. The number of hydrogen-bond acceptors (Lipinski definition) is 5. The topological polar surface area (TPSA) is 89.0 Å². The van der Waals surface area contributed by atoms with Crippen LogP contribution >= 0.6 is 0 Å². The molecule has 1 atom stereocenters. The van der Waals surface area contributed by atoms with Gasteiger partial charge < -0.3 is 14.2 Å². The Morgan fingerprint density at radius 1 is 1.12 bits per heavy atom. The number of likely N-dealkylation sites (tertiary alicyclic amines) is 1. The van der Waals surface area contributed by atoms with Gasteiger partial charge in [0.1, 0.15) is 17.5 Å². The van der Waals surface area contributed by atoms with Crippen molar-refractivity contribution >= 4 is 27.9 Å². The number of carbonyl (C=O) groups excluding carboxylic acids is 1. The van der Waals surface area contributed by atoms with E-state index < -0.39 is 11.4 Å². The first-order valence-corrected chi connectivity index (χ1v) is 13.7. The minimum Gasteiger partial charge on any atom is -0.444 e. The van der Waals surface area contributed by atoms with Crippen LogP contribution in [0.15, 0.2) is 61.1 Å². The molecule has 0 saturated carbocycles. The summed E-state index contributed by atoms with van der Waals surface area (Å²) >= 11 is 0. The number of nitriles is 1. The van der Waals surface area contributed by atoms with Gasteiger partial charge in [0.15, 0.2) is 0 Å². The second kappa shape index (κ2) is 10.0. The molecule has 208 valence electrons. The maximum Gasteiger partial charge on any atom is 0.410 e. The van der Waals surface area contributed by atoms with Crippen LogP contribution in [0.5, 0.6) is 0 Å². The zero-order chi connectivity index (χ0) is 28.9. The van der Waals surface area contributed by atoms with Crippen LogP contribution in [-0.2, 0) is 18.3 Å². The molecule has 9 heteroatoms. The summed E-state index contributed by atoms with van der Waals surface area (Å²) in [5.41, 5.74) is 4.46. The summed E-state index contributed by atoms with van der Waals surface area (Å²) in [4.78, 5) is 19.3. The lowest BCUT2D eigenvalue weighted by molar-refractivity contribution is 0.0287. The van der Waals surface area contributed by atoms with Crippen LogP contribution in [0.4, 0.5) is 9.18 Å². The van der Waals surface area contributed by atoms with E-state index in [2.05, 4.69) is 9.67 Å². The van der Waals surface area contributed by atoms with Gasteiger partial charge in [0, 0.05) is 54.8 Å². The van der Waals surface area contributed by atoms with E-state index in [4.69, 9.17) is 9.72 Å². The van der Waals surface area contributed by atoms with Crippen LogP contribution in [0.2, 0.25) is 0 Å². The predicted molar refractivity (Wildman–Crippen MR) is 155 cm³/mol. The Morgan fingerprint density at radius 3 is 2.68 bits per heavy atom. The normalized spacial score (nSPS) is 15.5. The molecule has 0 aliphatic carbocycles. The molecule has 0 bridgehead atoms. The first-order valence-electron chi connectivity index (χ1n) is 13.7. The molecule has 0 radical (unpaired) electrons. The standard InChI is InChI=1S/C32H31FN6O2/c1-32(2,3)41-31(40)39-11-9-20(19-39)18-38-12-10-25-28(38)17-35-30(22-7-8-27-24(13-22)16-36-37(27)4)29(25)21-5-6-23(15-34)26(33)14-21/h5-8,10,12-14,16-17,20H,9,11,18-19H2,1-4H3/t20-/m0/s1. The van der Waals surface area contributed by atoms with Crippen molar-refractivity contribution in [2.45, 2.75) is 39.3 Å². The third-order valence-electron chi connectivity index (χ3n) is 7.62. The first kappa shape index (κ1) is 26.5. The average Bonchev–Trinajstić information content (AvgIpc) is 3.66. The molecule has 1 aliphatic heterocycles. The number of rotatable bonds is 4. The van der Waals surface area contributed by atoms with E-state index in [1.807, 2.05) is 81.4 Å². The van der Waals surface area contributed by atoms with Crippen LogP contribution in [0.1, 0.15) is 32.8 Å². The molecule has 41 heavy (non-hydrogen) atoms. The number of pyridine rings is 1. The fourth-order valence-corrected chi connectivity index (χ4v) is 5.65. The average molecular weight is 551 g/mol. The molecule has 3 aromatic heterocycles. The van der Waals surface area contributed by atoms with Crippen LogP contribution in [0, 0.1) is 23.1 Å². The highest BCUT2D eigenvalue weighted by molar-refractivity contribution is 6.02. The van der Waals surface area contributed by atoms with Gasteiger partial charge in [-0.3, -0.25) is 9.67 Å². The lowest BCUT2D eigenvalue weighted by Gasteiger charge is -2.24. The van der Waals surface area contributed by atoms with Gasteiger partial charge in [0.2, 0.25) is 0 Å². The van der Waals surface area contributed by atoms with Crippen molar-refractivity contribution in [1.82, 2.24) is 24.2 Å². The number of ether oxygens (including phenoxy) is 1. The first-order chi connectivity index (χ1) is 19.6. The van der Waals surface area contributed by atoms with Crippen molar-refractivity contribution in [2.24, 2.45) is 13.0 Å². The van der Waals surface area contributed by atoms with Crippen molar-refractivity contribution in [3.05, 3.63) is 72.4 Å². The van der Waals surface area contributed by atoms with Gasteiger partial charge in [0.05, 0.1) is 34.7 Å². The van der Waals surface area contributed by atoms with Crippen molar-refractivity contribution in [3.63, 3.8) is 0 Å².